The molecule has 4 fully saturated rings. The fourth-order valence-corrected chi connectivity index (χ4v) is 8.85. The first-order valence-electron chi connectivity index (χ1n) is 15.9. The van der Waals surface area contributed by atoms with Crippen LogP contribution in [0, 0.1) is 28.6 Å². The highest BCUT2D eigenvalue weighted by molar-refractivity contribution is 5.73. The maximum absolute atomic E-state index is 12.0. The molecule has 3 N–H and O–H groups in total. The second kappa shape index (κ2) is 10.7. The average molecular weight is 551 g/mol. The van der Waals surface area contributed by atoms with Crippen LogP contribution in [0.25, 0.3) is 0 Å². The molecule has 5 aliphatic rings. The van der Waals surface area contributed by atoms with Crippen molar-refractivity contribution in [3.05, 3.63) is 46.5 Å². The third-order valence-electron chi connectivity index (χ3n) is 11.1. The van der Waals surface area contributed by atoms with E-state index in [-0.39, 0.29) is 23.0 Å². The van der Waals surface area contributed by atoms with Crippen molar-refractivity contribution in [1.29, 1.82) is 0 Å². The summed E-state index contributed by atoms with van der Waals surface area (Å²) in [6.07, 6.45) is 9.23. The Morgan fingerprint density at radius 1 is 1.00 bits per heavy atom. The third kappa shape index (κ3) is 5.13. The van der Waals surface area contributed by atoms with E-state index in [1.54, 1.807) is 11.1 Å². The van der Waals surface area contributed by atoms with Crippen LogP contribution in [-0.4, -0.2) is 42.8 Å². The van der Waals surface area contributed by atoms with Gasteiger partial charge in [0.15, 0.2) is 5.79 Å². The highest BCUT2D eigenvalue weighted by atomic mass is 16.7. The number of carbonyl (C=O) groups is 1. The molecule has 220 valence electrons. The summed E-state index contributed by atoms with van der Waals surface area (Å²) in [5.74, 6) is 1.61. The lowest BCUT2D eigenvalue weighted by Crippen LogP contribution is -2.52. The Hall–Kier alpha value is -1.89. The molecule has 0 bridgehead atoms. The molecular formula is C34H50N2O4. The summed E-state index contributed by atoms with van der Waals surface area (Å²) >= 11 is 0. The minimum atomic E-state index is -0.405. The molecular weight excluding hydrogens is 500 g/mol. The summed E-state index contributed by atoms with van der Waals surface area (Å²) in [4.78, 5) is 12.0. The smallest absolute Gasteiger partial charge is 0.315 e. The number of aliphatic hydroxyl groups excluding tert-OH is 1. The SMILES string of the molecule is CCCNC(=O)NCc1ccc(C2CC3(C)C(O)CCC3C3CCC4CC5(CCC4=C23)OCC(C)(C)CO5)cc1. The number of carbonyl (C=O) groups excluding carboxylic acids is 1. The Morgan fingerprint density at radius 3 is 2.48 bits per heavy atom. The average Bonchev–Trinajstić information content (AvgIpc) is 3.26. The number of allylic oxidation sites excluding steroid dienone is 2. The molecule has 6 heteroatoms. The van der Waals surface area contributed by atoms with Crippen molar-refractivity contribution in [3.8, 4) is 0 Å². The molecule has 6 rings (SSSR count). The second-order valence-electron chi connectivity index (χ2n) is 14.5. The largest absolute Gasteiger partial charge is 0.393 e. The summed E-state index contributed by atoms with van der Waals surface area (Å²) < 4.78 is 13.0. The number of rotatable bonds is 5. The van der Waals surface area contributed by atoms with E-state index >= 15 is 0 Å². The van der Waals surface area contributed by atoms with Crippen LogP contribution >= 0.6 is 0 Å². The van der Waals surface area contributed by atoms with Crippen molar-refractivity contribution in [2.75, 3.05) is 19.8 Å². The number of aliphatic hydroxyl groups is 1. The fourth-order valence-electron chi connectivity index (χ4n) is 8.85. The van der Waals surface area contributed by atoms with Crippen LogP contribution in [0.4, 0.5) is 4.79 Å². The van der Waals surface area contributed by atoms with Gasteiger partial charge in [-0.1, -0.05) is 63.1 Å². The Bertz CT molecular complexity index is 1120. The van der Waals surface area contributed by atoms with Gasteiger partial charge in [0.2, 0.25) is 0 Å². The topological polar surface area (TPSA) is 79.8 Å². The highest BCUT2D eigenvalue weighted by Gasteiger charge is 2.57. The maximum Gasteiger partial charge on any atom is 0.315 e. The van der Waals surface area contributed by atoms with Crippen LogP contribution in [0.15, 0.2) is 35.4 Å². The van der Waals surface area contributed by atoms with Gasteiger partial charge >= 0.3 is 6.03 Å². The molecule has 1 aromatic carbocycles. The summed E-state index contributed by atoms with van der Waals surface area (Å²) in [5, 5.41) is 17.1. The van der Waals surface area contributed by atoms with Gasteiger partial charge in [-0.25, -0.2) is 4.79 Å². The van der Waals surface area contributed by atoms with E-state index in [2.05, 4.69) is 62.6 Å². The molecule has 0 aromatic heterocycles. The standard InChI is InChI=1S/C34H50N2O4/c1-5-16-35-31(38)36-19-22-6-8-23(9-7-22)27-18-33(4)28(12-13-29(33)37)26-11-10-24-17-34(15-14-25(24)30(26)27)39-20-32(2,3)21-40-34/h6-9,24,26-29,37H,5,10-21H2,1-4H3,(H2,35,36,38). The number of amides is 2. The van der Waals surface area contributed by atoms with Crippen LogP contribution < -0.4 is 10.6 Å². The zero-order valence-corrected chi connectivity index (χ0v) is 25.1. The normalized spacial score (nSPS) is 36.0. The molecule has 3 saturated carbocycles. The van der Waals surface area contributed by atoms with Crippen molar-refractivity contribution in [2.45, 2.75) is 110 Å². The van der Waals surface area contributed by atoms with Gasteiger partial charge in [-0.05, 0) is 79.2 Å². The van der Waals surface area contributed by atoms with E-state index in [4.69, 9.17) is 9.47 Å². The first kappa shape index (κ1) is 28.2. The van der Waals surface area contributed by atoms with Crippen molar-refractivity contribution in [3.63, 3.8) is 0 Å². The number of hydrogen-bond acceptors (Lipinski definition) is 4. The van der Waals surface area contributed by atoms with E-state index in [0.717, 1.165) is 63.7 Å². The molecule has 1 spiro atoms. The van der Waals surface area contributed by atoms with Crippen LogP contribution in [-0.2, 0) is 16.0 Å². The van der Waals surface area contributed by atoms with Gasteiger partial charge in [-0.15, -0.1) is 0 Å². The molecule has 2 amide bonds. The molecule has 6 unspecified atom stereocenters. The van der Waals surface area contributed by atoms with Gasteiger partial charge in [0.25, 0.3) is 0 Å². The molecule has 40 heavy (non-hydrogen) atoms. The molecule has 6 atom stereocenters. The number of urea groups is 1. The van der Waals surface area contributed by atoms with E-state index in [9.17, 15) is 9.90 Å². The number of benzene rings is 1. The quantitative estimate of drug-likeness (QED) is 0.369. The minimum absolute atomic E-state index is 0.0269. The highest BCUT2D eigenvalue weighted by Crippen LogP contribution is 2.65. The Balaban J connectivity index is 1.27. The molecule has 1 aromatic rings. The Morgan fingerprint density at radius 2 is 1.75 bits per heavy atom. The maximum atomic E-state index is 12.0. The van der Waals surface area contributed by atoms with Gasteiger partial charge in [0.05, 0.1) is 19.3 Å². The number of fused-ring (bicyclic) bond motifs is 4. The summed E-state index contributed by atoms with van der Waals surface area (Å²) in [6, 6.07) is 8.81. The van der Waals surface area contributed by atoms with Crippen molar-refractivity contribution < 1.29 is 19.4 Å². The molecule has 0 radical (unpaired) electrons. The molecule has 6 nitrogen and oxygen atoms in total. The van der Waals surface area contributed by atoms with E-state index in [1.807, 2.05) is 0 Å². The summed E-state index contributed by atoms with van der Waals surface area (Å²) in [7, 11) is 0. The van der Waals surface area contributed by atoms with E-state index in [1.165, 1.54) is 18.4 Å². The van der Waals surface area contributed by atoms with Crippen molar-refractivity contribution >= 4 is 6.03 Å². The number of nitrogens with one attached hydrogen (secondary N) is 2. The third-order valence-corrected chi connectivity index (χ3v) is 11.1. The van der Waals surface area contributed by atoms with Gasteiger partial charge < -0.3 is 25.2 Å². The lowest BCUT2D eigenvalue weighted by molar-refractivity contribution is -0.312. The number of ether oxygens (including phenoxy) is 2. The molecule has 1 saturated heterocycles. The lowest BCUT2D eigenvalue weighted by atomic mass is 9.52. The molecule has 1 heterocycles. The first-order valence-corrected chi connectivity index (χ1v) is 15.9. The second-order valence-corrected chi connectivity index (χ2v) is 14.5. The van der Waals surface area contributed by atoms with Crippen LogP contribution in [0.5, 0.6) is 0 Å². The van der Waals surface area contributed by atoms with Gasteiger partial charge in [0.1, 0.15) is 0 Å². The van der Waals surface area contributed by atoms with Gasteiger partial charge in [-0.3, -0.25) is 0 Å². The zero-order chi connectivity index (χ0) is 28.1. The van der Waals surface area contributed by atoms with Crippen LogP contribution in [0.3, 0.4) is 0 Å². The van der Waals surface area contributed by atoms with Crippen LogP contribution in [0.2, 0.25) is 0 Å². The van der Waals surface area contributed by atoms with Crippen LogP contribution in [0.1, 0.15) is 103 Å². The van der Waals surface area contributed by atoms with E-state index in [0.29, 0.717) is 36.8 Å². The Labute approximate surface area is 240 Å². The Kier molecular flexibility index (Phi) is 7.59. The predicted octanol–water partition coefficient (Wildman–Crippen LogP) is 6.44. The molecule has 4 aliphatic carbocycles. The molecule has 1 aliphatic heterocycles. The van der Waals surface area contributed by atoms with Crippen molar-refractivity contribution in [1.82, 2.24) is 10.6 Å². The zero-order valence-electron chi connectivity index (χ0n) is 25.1. The van der Waals surface area contributed by atoms with Crippen molar-refractivity contribution in [2.24, 2.45) is 28.6 Å². The fraction of sp³-hybridized carbons (Fsp3) is 0.735. The monoisotopic (exact) mass is 550 g/mol. The predicted molar refractivity (Wildman–Crippen MR) is 157 cm³/mol. The van der Waals surface area contributed by atoms with Gasteiger partial charge in [0, 0.05) is 37.3 Å². The number of hydrogen-bond donors (Lipinski definition) is 3. The first-order chi connectivity index (χ1) is 19.1. The minimum Gasteiger partial charge on any atom is -0.393 e. The van der Waals surface area contributed by atoms with Gasteiger partial charge in [-0.2, -0.15) is 0 Å². The van der Waals surface area contributed by atoms with E-state index < -0.39 is 5.79 Å². The summed E-state index contributed by atoms with van der Waals surface area (Å²) in [6.45, 7) is 11.6. The summed E-state index contributed by atoms with van der Waals surface area (Å²) in [5.41, 5.74) is 5.92. The lowest BCUT2D eigenvalue weighted by Gasteiger charge is -2.55.